The van der Waals surface area contributed by atoms with Crippen LogP contribution in [0, 0.1) is 17.1 Å². The van der Waals surface area contributed by atoms with Gasteiger partial charge in [-0.1, -0.05) is 10.8 Å². The highest BCUT2D eigenvalue weighted by atomic mass is 19.1. The molecule has 1 aromatic heterocycles. The number of carbonyl (C=O) groups excluding carboxylic acids is 2. The second kappa shape index (κ2) is 8.43. The van der Waals surface area contributed by atoms with E-state index < -0.39 is 23.9 Å². The first-order chi connectivity index (χ1) is 14.9. The number of cyclic esters (lactones) is 1. The van der Waals surface area contributed by atoms with E-state index in [0.29, 0.717) is 37.3 Å². The molecular weight excluding hydrogens is 405 g/mol. The number of nitrogens with two attached hydrogens (primary N) is 1. The smallest absolute Gasteiger partial charge is 0.414 e. The summed E-state index contributed by atoms with van der Waals surface area (Å²) in [4.78, 5) is 26.7. The number of hydrogen-bond donors (Lipinski definition) is 1. The van der Waals surface area contributed by atoms with Crippen LogP contribution in [0.5, 0.6) is 0 Å². The van der Waals surface area contributed by atoms with Crippen LogP contribution in [0.2, 0.25) is 0 Å². The van der Waals surface area contributed by atoms with Crippen LogP contribution in [-0.2, 0) is 11.3 Å². The Balaban J connectivity index is 1.42. The monoisotopic (exact) mass is 425 g/mol. The summed E-state index contributed by atoms with van der Waals surface area (Å²) in [5.41, 5.74) is 7.10. The Hall–Kier alpha value is -3.94. The van der Waals surface area contributed by atoms with Gasteiger partial charge in [0.05, 0.1) is 36.7 Å². The topological polar surface area (TPSA) is 130 Å². The molecule has 31 heavy (non-hydrogen) atoms. The first kappa shape index (κ1) is 20.3. The summed E-state index contributed by atoms with van der Waals surface area (Å²) in [5, 5.41) is 16.2. The van der Waals surface area contributed by atoms with Crippen molar-refractivity contribution in [2.24, 2.45) is 5.73 Å². The van der Waals surface area contributed by atoms with Crippen LogP contribution in [0.25, 0.3) is 0 Å². The zero-order valence-electron chi connectivity index (χ0n) is 16.6. The summed E-state index contributed by atoms with van der Waals surface area (Å²) in [5.74, 6) is -1.12. The number of anilines is 2. The average molecular weight is 425 g/mol. The van der Waals surface area contributed by atoms with E-state index >= 15 is 0 Å². The van der Waals surface area contributed by atoms with E-state index in [1.54, 1.807) is 18.2 Å². The van der Waals surface area contributed by atoms with Gasteiger partial charge in [-0.05, 0) is 31.0 Å². The Bertz CT molecular complexity index is 1080. The molecule has 2 N–H and O–H groups in total. The molecule has 3 heterocycles. The molecule has 10 nitrogen and oxygen atoms in total. The van der Waals surface area contributed by atoms with Gasteiger partial charge in [-0.25, -0.2) is 13.9 Å². The summed E-state index contributed by atoms with van der Waals surface area (Å²) >= 11 is 0. The van der Waals surface area contributed by atoms with Crippen LogP contribution < -0.4 is 15.5 Å². The van der Waals surface area contributed by atoms with Crippen molar-refractivity contribution >= 4 is 23.4 Å². The number of nitriles is 1. The minimum Gasteiger partial charge on any atom is -0.442 e. The van der Waals surface area contributed by atoms with Gasteiger partial charge >= 0.3 is 6.09 Å². The molecule has 1 aromatic carbocycles. The van der Waals surface area contributed by atoms with Gasteiger partial charge in [0.15, 0.2) is 5.69 Å². The van der Waals surface area contributed by atoms with Gasteiger partial charge in [-0.3, -0.25) is 9.69 Å². The van der Waals surface area contributed by atoms with Crippen molar-refractivity contribution in [1.29, 1.82) is 5.26 Å². The predicted octanol–water partition coefficient (Wildman–Crippen LogP) is 1.59. The van der Waals surface area contributed by atoms with Crippen LogP contribution >= 0.6 is 0 Å². The van der Waals surface area contributed by atoms with Gasteiger partial charge in [0.2, 0.25) is 0 Å². The molecule has 4 rings (SSSR count). The zero-order valence-corrected chi connectivity index (χ0v) is 16.6. The number of amides is 2. The quantitative estimate of drug-likeness (QED) is 0.720. The molecule has 160 valence electrons. The molecule has 0 bridgehead atoms. The van der Waals surface area contributed by atoms with E-state index in [2.05, 4.69) is 10.3 Å². The lowest BCUT2D eigenvalue weighted by Crippen LogP contribution is -2.31. The summed E-state index contributed by atoms with van der Waals surface area (Å²) < 4.78 is 21.5. The summed E-state index contributed by atoms with van der Waals surface area (Å²) in [7, 11) is 0. The Morgan fingerprint density at radius 2 is 2.16 bits per heavy atom. The second-order valence-electron chi connectivity index (χ2n) is 7.36. The number of primary amides is 1. The number of halogens is 1. The maximum absolute atomic E-state index is 14.8. The third-order valence-corrected chi connectivity index (χ3v) is 5.31. The maximum Gasteiger partial charge on any atom is 0.414 e. The molecule has 11 heteroatoms. The van der Waals surface area contributed by atoms with E-state index in [9.17, 15) is 14.0 Å². The van der Waals surface area contributed by atoms with Gasteiger partial charge in [-0.2, -0.15) is 5.26 Å². The fraction of sp³-hybridized carbons (Fsp3) is 0.350. The number of piperidine rings is 1. The fourth-order valence-corrected chi connectivity index (χ4v) is 3.73. The van der Waals surface area contributed by atoms with Gasteiger partial charge in [-0.15, -0.1) is 5.10 Å². The van der Waals surface area contributed by atoms with Crippen LogP contribution in [-0.4, -0.2) is 52.7 Å². The van der Waals surface area contributed by atoms with Crippen molar-refractivity contribution < 1.29 is 18.7 Å². The first-order valence-corrected chi connectivity index (χ1v) is 9.74. The number of rotatable bonds is 5. The molecule has 2 amide bonds. The van der Waals surface area contributed by atoms with Crippen molar-refractivity contribution in [2.45, 2.75) is 25.5 Å². The minimum atomic E-state index is -0.696. The summed E-state index contributed by atoms with van der Waals surface area (Å²) in [6.45, 7) is 1.65. The first-order valence-electron chi connectivity index (χ1n) is 9.74. The van der Waals surface area contributed by atoms with Crippen molar-refractivity contribution in [1.82, 2.24) is 15.0 Å². The molecule has 0 unspecified atom stereocenters. The minimum absolute atomic E-state index is 0.0202. The molecule has 2 aliphatic heterocycles. The Morgan fingerprint density at radius 3 is 2.81 bits per heavy atom. The Morgan fingerprint density at radius 1 is 1.39 bits per heavy atom. The summed E-state index contributed by atoms with van der Waals surface area (Å²) in [6.07, 6.45) is 3.24. The van der Waals surface area contributed by atoms with Crippen molar-refractivity contribution in [3.63, 3.8) is 0 Å². The van der Waals surface area contributed by atoms with Gasteiger partial charge in [0.25, 0.3) is 5.91 Å². The van der Waals surface area contributed by atoms with Crippen LogP contribution in [0.3, 0.4) is 0 Å². The van der Waals surface area contributed by atoms with E-state index in [1.165, 1.54) is 21.8 Å². The third kappa shape index (κ3) is 4.32. The number of ether oxygens (including phenoxy) is 1. The van der Waals surface area contributed by atoms with Crippen LogP contribution in [0.4, 0.5) is 20.6 Å². The zero-order chi connectivity index (χ0) is 22.0. The number of hydrogen-bond acceptors (Lipinski definition) is 7. The number of allylic oxidation sites excluding steroid dienone is 1. The van der Waals surface area contributed by atoms with E-state index in [1.807, 2.05) is 11.0 Å². The lowest BCUT2D eigenvalue weighted by Gasteiger charge is -2.30. The van der Waals surface area contributed by atoms with Gasteiger partial charge in [0, 0.05) is 19.2 Å². The molecule has 0 saturated carbocycles. The SMILES string of the molecule is N#CC=C1CCN(c2ccc(N3C[C@@H](Cn4cc(C(N)=O)nn4)OC3=O)cc2F)CC1. The normalized spacial score (nSPS) is 18.6. The number of benzene rings is 1. The van der Waals surface area contributed by atoms with E-state index in [0.717, 1.165) is 5.57 Å². The molecule has 2 aliphatic rings. The van der Waals surface area contributed by atoms with E-state index in [-0.39, 0.29) is 18.8 Å². The highest BCUT2D eigenvalue weighted by Crippen LogP contribution is 2.30. The van der Waals surface area contributed by atoms with Crippen molar-refractivity contribution in [3.05, 3.63) is 47.6 Å². The second-order valence-corrected chi connectivity index (χ2v) is 7.36. The maximum atomic E-state index is 14.8. The molecule has 2 aromatic rings. The molecule has 0 radical (unpaired) electrons. The van der Waals surface area contributed by atoms with Crippen LogP contribution in [0.1, 0.15) is 23.3 Å². The standard InChI is InChI=1S/C20H20FN7O3/c21-16-9-14(1-2-18(16)26-7-4-13(3-6-22)5-8-26)28-11-15(31-20(28)30)10-27-12-17(19(23)29)24-25-27/h1-3,9,12,15H,4-5,7-8,10-11H2,(H2,23,29)/t15-/m1/s1. The molecule has 0 aliphatic carbocycles. The average Bonchev–Trinajstić information content (AvgIpc) is 3.36. The number of aromatic nitrogens is 3. The third-order valence-electron chi connectivity index (χ3n) is 5.31. The molecule has 2 fully saturated rings. The predicted molar refractivity (Wildman–Crippen MR) is 108 cm³/mol. The highest BCUT2D eigenvalue weighted by molar-refractivity contribution is 5.90. The molecule has 2 saturated heterocycles. The highest BCUT2D eigenvalue weighted by Gasteiger charge is 2.33. The number of carbonyl (C=O) groups is 2. The Labute approximate surface area is 177 Å². The largest absolute Gasteiger partial charge is 0.442 e. The number of nitrogens with zero attached hydrogens (tertiary/aromatic N) is 6. The van der Waals surface area contributed by atoms with Crippen LogP contribution in [0.15, 0.2) is 36.0 Å². The fourth-order valence-electron chi connectivity index (χ4n) is 3.73. The van der Waals surface area contributed by atoms with Gasteiger partial charge < -0.3 is 15.4 Å². The van der Waals surface area contributed by atoms with E-state index in [4.69, 9.17) is 15.7 Å². The molecule has 1 atom stereocenters. The lowest BCUT2D eigenvalue weighted by molar-refractivity contribution is 0.0995. The molecule has 0 spiro atoms. The van der Waals surface area contributed by atoms with Crippen molar-refractivity contribution in [2.75, 3.05) is 29.4 Å². The van der Waals surface area contributed by atoms with Crippen molar-refractivity contribution in [3.8, 4) is 6.07 Å². The lowest BCUT2D eigenvalue weighted by atomic mass is 10.0. The van der Waals surface area contributed by atoms with Gasteiger partial charge in [0.1, 0.15) is 11.9 Å². The molecular formula is C20H20FN7O3. The Kier molecular flexibility index (Phi) is 5.53. The summed E-state index contributed by atoms with van der Waals surface area (Å²) in [6, 6.07) is 6.69.